The smallest absolute Gasteiger partial charge is 0.131 e. The molecule has 0 bridgehead atoms. The Bertz CT molecular complexity index is 418. The summed E-state index contributed by atoms with van der Waals surface area (Å²) in [5.41, 5.74) is 1.28. The fraction of sp³-hybridized carbons (Fsp3) is 0.562. The van der Waals surface area contributed by atoms with Gasteiger partial charge in [0.2, 0.25) is 0 Å². The van der Waals surface area contributed by atoms with Crippen LogP contribution in [0.2, 0.25) is 0 Å². The maximum Gasteiger partial charge on any atom is 0.131 e. The van der Waals surface area contributed by atoms with Crippen LogP contribution in [0, 0.1) is 0 Å². The van der Waals surface area contributed by atoms with E-state index in [1.165, 1.54) is 43.5 Å². The van der Waals surface area contributed by atoms with Crippen LogP contribution in [0.15, 0.2) is 35.3 Å². The lowest BCUT2D eigenvalue weighted by atomic mass is 9.93. The normalized spacial score (nSPS) is 25.3. The van der Waals surface area contributed by atoms with Crippen molar-refractivity contribution in [3.63, 3.8) is 0 Å². The van der Waals surface area contributed by atoms with E-state index in [2.05, 4.69) is 42.2 Å². The summed E-state index contributed by atoms with van der Waals surface area (Å²) in [5.74, 6) is 1.23. The highest BCUT2D eigenvalue weighted by Crippen LogP contribution is 2.27. The van der Waals surface area contributed by atoms with E-state index < -0.39 is 0 Å². The minimum Gasteiger partial charge on any atom is -0.351 e. The van der Waals surface area contributed by atoms with E-state index in [1.54, 1.807) is 0 Å². The van der Waals surface area contributed by atoms with Crippen molar-refractivity contribution in [1.29, 1.82) is 0 Å². The standard InChI is InChI=1S/C16H22N2/c1-13-12-18(15-10-6-3-7-11-15)16(17-13)14-8-4-2-5-9-14/h2,4-5,8-9,13,15H,3,6-7,10-12H2,1H3. The summed E-state index contributed by atoms with van der Waals surface area (Å²) < 4.78 is 0. The summed E-state index contributed by atoms with van der Waals surface area (Å²) in [5, 5.41) is 0. The molecule has 0 spiro atoms. The molecule has 1 unspecified atom stereocenters. The van der Waals surface area contributed by atoms with Crippen molar-refractivity contribution in [1.82, 2.24) is 4.90 Å². The molecule has 0 N–H and O–H groups in total. The first-order valence-corrected chi connectivity index (χ1v) is 7.24. The highest BCUT2D eigenvalue weighted by Gasteiger charge is 2.30. The Morgan fingerprint density at radius 1 is 1.06 bits per heavy atom. The Morgan fingerprint density at radius 3 is 2.50 bits per heavy atom. The zero-order valence-electron chi connectivity index (χ0n) is 11.2. The average molecular weight is 242 g/mol. The topological polar surface area (TPSA) is 15.6 Å². The van der Waals surface area contributed by atoms with Gasteiger partial charge in [-0.2, -0.15) is 0 Å². The maximum absolute atomic E-state index is 4.86. The molecule has 1 aliphatic carbocycles. The third-order valence-electron chi connectivity index (χ3n) is 4.12. The molecule has 1 aliphatic heterocycles. The van der Waals surface area contributed by atoms with Crippen LogP contribution >= 0.6 is 0 Å². The monoisotopic (exact) mass is 242 g/mol. The van der Waals surface area contributed by atoms with Gasteiger partial charge in [-0.25, -0.2) is 0 Å². The van der Waals surface area contributed by atoms with Crippen LogP contribution in [0.1, 0.15) is 44.6 Å². The fourth-order valence-electron chi connectivity index (χ4n) is 3.24. The van der Waals surface area contributed by atoms with E-state index in [0.29, 0.717) is 6.04 Å². The number of nitrogens with zero attached hydrogens (tertiary/aromatic N) is 2. The largest absolute Gasteiger partial charge is 0.351 e. The van der Waals surface area contributed by atoms with E-state index in [0.717, 1.165) is 12.6 Å². The predicted octanol–water partition coefficient (Wildman–Crippen LogP) is 3.47. The highest BCUT2D eigenvalue weighted by atomic mass is 15.3. The lowest BCUT2D eigenvalue weighted by Gasteiger charge is -2.33. The molecule has 2 nitrogen and oxygen atoms in total. The van der Waals surface area contributed by atoms with Gasteiger partial charge < -0.3 is 4.90 Å². The molecule has 2 aliphatic rings. The van der Waals surface area contributed by atoms with Crippen LogP contribution in [-0.4, -0.2) is 29.4 Å². The van der Waals surface area contributed by atoms with E-state index in [-0.39, 0.29) is 0 Å². The van der Waals surface area contributed by atoms with Crippen molar-refractivity contribution in [3.8, 4) is 0 Å². The van der Waals surface area contributed by atoms with Gasteiger partial charge in [-0.3, -0.25) is 4.99 Å². The first kappa shape index (κ1) is 11.8. The highest BCUT2D eigenvalue weighted by molar-refractivity contribution is 6.00. The Kier molecular flexibility index (Phi) is 3.35. The Morgan fingerprint density at radius 2 is 1.78 bits per heavy atom. The van der Waals surface area contributed by atoms with Gasteiger partial charge in [0.05, 0.1) is 6.04 Å². The van der Waals surface area contributed by atoms with Gasteiger partial charge in [0, 0.05) is 18.2 Å². The summed E-state index contributed by atoms with van der Waals surface area (Å²) in [4.78, 5) is 7.43. The molecule has 1 fully saturated rings. The van der Waals surface area contributed by atoms with Crippen molar-refractivity contribution in [3.05, 3.63) is 35.9 Å². The molecule has 0 amide bonds. The predicted molar refractivity (Wildman–Crippen MR) is 76.0 cm³/mol. The van der Waals surface area contributed by atoms with Crippen LogP contribution in [0.25, 0.3) is 0 Å². The van der Waals surface area contributed by atoms with Gasteiger partial charge in [-0.15, -0.1) is 0 Å². The molecule has 1 aromatic carbocycles. The van der Waals surface area contributed by atoms with Gasteiger partial charge in [0.15, 0.2) is 0 Å². The fourth-order valence-corrected chi connectivity index (χ4v) is 3.24. The molecule has 2 heteroatoms. The molecule has 3 rings (SSSR count). The van der Waals surface area contributed by atoms with Crippen molar-refractivity contribution < 1.29 is 0 Å². The van der Waals surface area contributed by atoms with Gasteiger partial charge in [0.25, 0.3) is 0 Å². The minimum absolute atomic E-state index is 0.446. The number of hydrogen-bond donors (Lipinski definition) is 0. The third kappa shape index (κ3) is 2.29. The van der Waals surface area contributed by atoms with Crippen molar-refractivity contribution >= 4 is 5.84 Å². The van der Waals surface area contributed by atoms with Crippen molar-refractivity contribution in [2.45, 2.75) is 51.1 Å². The summed E-state index contributed by atoms with van der Waals surface area (Å²) in [6.07, 6.45) is 6.88. The molecular formula is C16H22N2. The van der Waals surface area contributed by atoms with Gasteiger partial charge in [-0.1, -0.05) is 49.6 Å². The van der Waals surface area contributed by atoms with Crippen LogP contribution < -0.4 is 0 Å². The quantitative estimate of drug-likeness (QED) is 0.775. The summed E-state index contributed by atoms with van der Waals surface area (Å²) >= 11 is 0. The number of aliphatic imine (C=N–C) groups is 1. The van der Waals surface area contributed by atoms with Gasteiger partial charge in [0.1, 0.15) is 5.84 Å². The van der Waals surface area contributed by atoms with Crippen LogP contribution in [0.4, 0.5) is 0 Å². The van der Waals surface area contributed by atoms with Gasteiger partial charge in [-0.05, 0) is 19.8 Å². The molecule has 1 heterocycles. The molecular weight excluding hydrogens is 220 g/mol. The van der Waals surface area contributed by atoms with Crippen molar-refractivity contribution in [2.75, 3.05) is 6.54 Å². The lowest BCUT2D eigenvalue weighted by Crippen LogP contribution is -2.40. The molecule has 18 heavy (non-hydrogen) atoms. The lowest BCUT2D eigenvalue weighted by molar-refractivity contribution is 0.252. The molecule has 96 valence electrons. The zero-order valence-corrected chi connectivity index (χ0v) is 11.2. The molecule has 0 aromatic heterocycles. The molecule has 0 saturated heterocycles. The first-order chi connectivity index (χ1) is 8.84. The second kappa shape index (κ2) is 5.13. The Labute approximate surface area is 110 Å². The van der Waals surface area contributed by atoms with Crippen LogP contribution in [-0.2, 0) is 0 Å². The zero-order chi connectivity index (χ0) is 12.4. The number of amidine groups is 1. The van der Waals surface area contributed by atoms with E-state index in [1.807, 2.05) is 0 Å². The molecule has 0 radical (unpaired) electrons. The number of hydrogen-bond acceptors (Lipinski definition) is 2. The van der Waals surface area contributed by atoms with E-state index >= 15 is 0 Å². The molecule has 1 saturated carbocycles. The number of benzene rings is 1. The minimum atomic E-state index is 0.446. The molecule has 1 aromatic rings. The number of rotatable bonds is 2. The van der Waals surface area contributed by atoms with E-state index in [9.17, 15) is 0 Å². The first-order valence-electron chi connectivity index (χ1n) is 7.24. The maximum atomic E-state index is 4.86. The summed E-state index contributed by atoms with van der Waals surface area (Å²) in [7, 11) is 0. The third-order valence-corrected chi connectivity index (χ3v) is 4.12. The van der Waals surface area contributed by atoms with Crippen LogP contribution in [0.3, 0.4) is 0 Å². The van der Waals surface area contributed by atoms with Crippen molar-refractivity contribution in [2.24, 2.45) is 4.99 Å². The average Bonchev–Trinajstić information content (AvgIpc) is 2.83. The van der Waals surface area contributed by atoms with Crippen LogP contribution in [0.5, 0.6) is 0 Å². The summed E-state index contributed by atoms with van der Waals surface area (Å²) in [6.45, 7) is 3.33. The second-order valence-electron chi connectivity index (χ2n) is 5.61. The van der Waals surface area contributed by atoms with Gasteiger partial charge >= 0.3 is 0 Å². The SMILES string of the molecule is CC1CN(C2CCCCC2)C(c2ccccc2)=N1. The molecule has 1 atom stereocenters. The Balaban J connectivity index is 1.84. The van der Waals surface area contributed by atoms with E-state index in [4.69, 9.17) is 4.99 Å². The summed E-state index contributed by atoms with van der Waals surface area (Å²) in [6, 6.07) is 11.8. The second-order valence-corrected chi connectivity index (χ2v) is 5.61. The Hall–Kier alpha value is -1.31.